The van der Waals surface area contributed by atoms with Crippen LogP contribution in [0.1, 0.15) is 42.5 Å². The van der Waals surface area contributed by atoms with Crippen LogP contribution in [-0.4, -0.2) is 41.1 Å². The van der Waals surface area contributed by atoms with Gasteiger partial charge in [0.2, 0.25) is 0 Å². The molecule has 4 nitrogen and oxygen atoms in total. The van der Waals surface area contributed by atoms with Gasteiger partial charge in [0.15, 0.2) is 0 Å². The van der Waals surface area contributed by atoms with Crippen LogP contribution in [0.15, 0.2) is 24.3 Å². The monoisotopic (exact) mass is 274 g/mol. The van der Waals surface area contributed by atoms with E-state index < -0.39 is 0 Å². The van der Waals surface area contributed by atoms with Gasteiger partial charge in [0.1, 0.15) is 0 Å². The number of hydrogen-bond acceptors (Lipinski definition) is 3. The number of likely N-dealkylation sites (tertiary alicyclic amines) is 1. The molecule has 1 aliphatic carbocycles. The predicted molar refractivity (Wildman–Crippen MR) is 78.8 cm³/mol. The van der Waals surface area contributed by atoms with E-state index in [1.54, 1.807) is 4.90 Å². The van der Waals surface area contributed by atoms with E-state index in [0.29, 0.717) is 18.2 Å². The van der Waals surface area contributed by atoms with Gasteiger partial charge in [-0.05, 0) is 50.3 Å². The Kier molecular flexibility index (Phi) is 3.92. The third kappa shape index (κ3) is 2.96. The Morgan fingerprint density at radius 1 is 1.25 bits per heavy atom. The Hall–Kier alpha value is -1.55. The fourth-order valence-corrected chi connectivity index (χ4v) is 2.85. The van der Waals surface area contributed by atoms with Gasteiger partial charge in [0.05, 0.1) is 6.10 Å². The van der Waals surface area contributed by atoms with Gasteiger partial charge >= 0.3 is 0 Å². The molecule has 108 valence electrons. The summed E-state index contributed by atoms with van der Waals surface area (Å²) in [6.07, 6.45) is 5.04. The normalized spacial score (nSPS) is 23.2. The second-order valence-corrected chi connectivity index (χ2v) is 5.90. The third-order valence-electron chi connectivity index (χ3n) is 4.27. The van der Waals surface area contributed by atoms with E-state index in [4.69, 9.17) is 0 Å². The molecule has 0 radical (unpaired) electrons. The molecule has 4 heteroatoms. The zero-order valence-electron chi connectivity index (χ0n) is 11.7. The second-order valence-electron chi connectivity index (χ2n) is 5.90. The van der Waals surface area contributed by atoms with Crippen LogP contribution in [0.25, 0.3) is 0 Å². The van der Waals surface area contributed by atoms with Gasteiger partial charge < -0.3 is 15.3 Å². The van der Waals surface area contributed by atoms with E-state index in [-0.39, 0.29) is 12.0 Å². The van der Waals surface area contributed by atoms with E-state index in [1.165, 1.54) is 19.3 Å². The van der Waals surface area contributed by atoms with E-state index in [2.05, 4.69) is 5.32 Å². The first-order chi connectivity index (χ1) is 9.72. The molecule has 1 amide bonds. The molecule has 0 aromatic heterocycles. The Morgan fingerprint density at radius 3 is 2.80 bits per heavy atom. The summed E-state index contributed by atoms with van der Waals surface area (Å²) >= 11 is 0. The topological polar surface area (TPSA) is 52.6 Å². The lowest BCUT2D eigenvalue weighted by molar-refractivity contribution is 0.0474. The van der Waals surface area contributed by atoms with Crippen molar-refractivity contribution in [3.63, 3.8) is 0 Å². The number of nitrogens with zero attached hydrogens (tertiary/aromatic N) is 1. The summed E-state index contributed by atoms with van der Waals surface area (Å²) in [5, 5.41) is 13.1. The molecule has 2 aliphatic rings. The molecule has 1 aromatic rings. The number of carbonyl (C=O) groups is 1. The van der Waals surface area contributed by atoms with Crippen molar-refractivity contribution in [2.75, 3.05) is 18.4 Å². The lowest BCUT2D eigenvalue weighted by atomic mass is 9.93. The molecule has 1 heterocycles. The average molecular weight is 274 g/mol. The minimum atomic E-state index is -0.371. The van der Waals surface area contributed by atoms with Crippen LogP contribution in [0.2, 0.25) is 0 Å². The van der Waals surface area contributed by atoms with Gasteiger partial charge in [-0.2, -0.15) is 0 Å². The molecular weight excluding hydrogens is 252 g/mol. The van der Waals surface area contributed by atoms with Crippen molar-refractivity contribution in [3.8, 4) is 0 Å². The van der Waals surface area contributed by atoms with E-state index in [0.717, 1.165) is 25.1 Å². The highest BCUT2D eigenvalue weighted by Gasteiger charge is 2.23. The maximum atomic E-state index is 12.5. The van der Waals surface area contributed by atoms with Crippen molar-refractivity contribution in [2.24, 2.45) is 0 Å². The zero-order chi connectivity index (χ0) is 13.9. The standard InChI is InChI=1S/C16H22N2O2/c19-15-8-3-9-18(11-15)16(20)12-4-1-7-14(10-12)17-13-5-2-6-13/h1,4,7,10,13,15,17,19H,2-3,5-6,8-9,11H2. The second kappa shape index (κ2) is 5.83. The maximum absolute atomic E-state index is 12.5. The van der Waals surface area contributed by atoms with E-state index in [9.17, 15) is 9.90 Å². The molecule has 3 rings (SSSR count). The smallest absolute Gasteiger partial charge is 0.254 e. The van der Waals surface area contributed by atoms with Gasteiger partial charge in [-0.25, -0.2) is 0 Å². The highest BCUT2D eigenvalue weighted by atomic mass is 16.3. The highest BCUT2D eigenvalue weighted by molar-refractivity contribution is 5.95. The quantitative estimate of drug-likeness (QED) is 0.889. The molecule has 2 N–H and O–H groups in total. The van der Waals surface area contributed by atoms with Gasteiger partial charge in [-0.3, -0.25) is 4.79 Å². The van der Waals surface area contributed by atoms with Crippen LogP contribution in [0.5, 0.6) is 0 Å². The van der Waals surface area contributed by atoms with Crippen LogP contribution in [-0.2, 0) is 0 Å². The summed E-state index contributed by atoms with van der Waals surface area (Å²) in [5.41, 5.74) is 1.74. The fraction of sp³-hybridized carbons (Fsp3) is 0.562. The molecule has 1 aromatic carbocycles. The molecule has 20 heavy (non-hydrogen) atoms. The van der Waals surface area contributed by atoms with Gasteiger partial charge in [-0.15, -0.1) is 0 Å². The first-order valence-electron chi connectivity index (χ1n) is 7.56. The highest BCUT2D eigenvalue weighted by Crippen LogP contribution is 2.24. The number of benzene rings is 1. The number of β-amino-alcohol motifs (C(OH)–C–C–N with tert-alkyl or cyclic N) is 1. The number of nitrogens with one attached hydrogen (secondary N) is 1. The van der Waals surface area contributed by atoms with Gasteiger partial charge in [0, 0.05) is 30.4 Å². The largest absolute Gasteiger partial charge is 0.391 e. The van der Waals surface area contributed by atoms with Crippen molar-refractivity contribution < 1.29 is 9.90 Å². The Balaban J connectivity index is 1.68. The Labute approximate surface area is 119 Å². The van der Waals surface area contributed by atoms with Crippen molar-refractivity contribution in [2.45, 2.75) is 44.2 Å². The number of amides is 1. The van der Waals surface area contributed by atoms with Crippen molar-refractivity contribution in [1.82, 2.24) is 4.90 Å². The summed E-state index contributed by atoms with van der Waals surface area (Å²) in [4.78, 5) is 14.2. The molecule has 0 bridgehead atoms. The number of carbonyl (C=O) groups excluding carboxylic acids is 1. The first kappa shape index (κ1) is 13.4. The summed E-state index contributed by atoms with van der Waals surface area (Å²) in [5.74, 6) is 0.0287. The van der Waals surface area contributed by atoms with Crippen LogP contribution in [0.3, 0.4) is 0 Å². The van der Waals surface area contributed by atoms with E-state index >= 15 is 0 Å². The van der Waals surface area contributed by atoms with Crippen LogP contribution >= 0.6 is 0 Å². The van der Waals surface area contributed by atoms with Crippen LogP contribution < -0.4 is 5.32 Å². The van der Waals surface area contributed by atoms with Crippen molar-refractivity contribution in [3.05, 3.63) is 29.8 Å². The molecule has 0 spiro atoms. The van der Waals surface area contributed by atoms with Gasteiger partial charge in [-0.1, -0.05) is 6.07 Å². The number of aliphatic hydroxyl groups excluding tert-OH is 1. The van der Waals surface area contributed by atoms with Gasteiger partial charge in [0.25, 0.3) is 5.91 Å². The number of aliphatic hydroxyl groups is 1. The number of rotatable bonds is 3. The predicted octanol–water partition coefficient (Wildman–Crippen LogP) is 2.25. The Bertz CT molecular complexity index is 485. The average Bonchev–Trinajstić information content (AvgIpc) is 2.42. The maximum Gasteiger partial charge on any atom is 0.254 e. The fourth-order valence-electron chi connectivity index (χ4n) is 2.85. The molecule has 1 aliphatic heterocycles. The lowest BCUT2D eigenvalue weighted by Gasteiger charge is -2.30. The summed E-state index contributed by atoms with van der Waals surface area (Å²) in [7, 11) is 0. The number of anilines is 1. The minimum absolute atomic E-state index is 0.0287. The van der Waals surface area contributed by atoms with E-state index in [1.807, 2.05) is 24.3 Å². The molecule has 1 saturated carbocycles. The molecule has 1 atom stereocenters. The zero-order valence-corrected chi connectivity index (χ0v) is 11.7. The summed E-state index contributed by atoms with van der Waals surface area (Å²) in [6.45, 7) is 1.20. The minimum Gasteiger partial charge on any atom is -0.391 e. The van der Waals surface area contributed by atoms with Crippen molar-refractivity contribution in [1.29, 1.82) is 0 Å². The third-order valence-corrected chi connectivity index (χ3v) is 4.27. The van der Waals surface area contributed by atoms with Crippen LogP contribution in [0, 0.1) is 0 Å². The molecule has 1 unspecified atom stereocenters. The molecule has 1 saturated heterocycles. The summed E-state index contributed by atoms with van der Waals surface area (Å²) < 4.78 is 0. The number of hydrogen-bond donors (Lipinski definition) is 2. The molecule has 2 fully saturated rings. The first-order valence-corrected chi connectivity index (χ1v) is 7.56. The van der Waals surface area contributed by atoms with Crippen molar-refractivity contribution >= 4 is 11.6 Å². The lowest BCUT2D eigenvalue weighted by Crippen LogP contribution is -2.42. The summed E-state index contributed by atoms with van der Waals surface area (Å²) in [6, 6.07) is 8.29. The Morgan fingerprint density at radius 2 is 2.10 bits per heavy atom. The number of piperidine rings is 1. The SMILES string of the molecule is O=C(c1cccc(NC2CCC2)c1)N1CCCC(O)C1. The molecular formula is C16H22N2O2. The van der Waals surface area contributed by atoms with Crippen LogP contribution in [0.4, 0.5) is 5.69 Å².